The average Bonchev–Trinajstić information content (AvgIpc) is 2.84. The first-order chi connectivity index (χ1) is 17.9. The maximum atomic E-state index is 14.0. The fraction of sp³-hybridized carbons (Fsp3) is 0.655. The summed E-state index contributed by atoms with van der Waals surface area (Å²) in [6.45, 7) is 12.1. The summed E-state index contributed by atoms with van der Waals surface area (Å²) in [4.78, 5) is 53.3. The second-order valence-corrected chi connectivity index (χ2v) is 10.6. The third-order valence-corrected chi connectivity index (χ3v) is 6.05. The first-order valence-electron chi connectivity index (χ1n) is 13.9. The van der Waals surface area contributed by atoms with Crippen LogP contribution in [0.15, 0.2) is 24.3 Å². The number of aryl methyl sites for hydroxylation is 1. The SMILES string of the molecule is CCCCCN(C(=O)C(CCC(N)=O)NC(=O)OC(C)(C)C)C(C(=O)NCCCC)c1ccc(CC)cc1. The van der Waals surface area contributed by atoms with E-state index in [1.54, 1.807) is 20.8 Å². The summed E-state index contributed by atoms with van der Waals surface area (Å²) < 4.78 is 5.37. The molecule has 0 aromatic heterocycles. The lowest BCUT2D eigenvalue weighted by Gasteiger charge is -2.34. The molecular weight excluding hydrogens is 484 g/mol. The third-order valence-electron chi connectivity index (χ3n) is 6.05. The Hall–Kier alpha value is -3.10. The molecule has 1 aromatic rings. The maximum Gasteiger partial charge on any atom is 0.408 e. The lowest BCUT2D eigenvalue weighted by molar-refractivity contribution is -0.142. The number of nitrogens with one attached hydrogen (secondary N) is 2. The number of rotatable bonds is 16. The third kappa shape index (κ3) is 12.0. The van der Waals surface area contributed by atoms with Gasteiger partial charge >= 0.3 is 6.09 Å². The molecule has 2 atom stereocenters. The summed E-state index contributed by atoms with van der Waals surface area (Å²) in [7, 11) is 0. The molecule has 0 saturated carbocycles. The van der Waals surface area contributed by atoms with Crippen LogP contribution in [0, 0.1) is 0 Å². The van der Waals surface area contributed by atoms with E-state index < -0.39 is 35.6 Å². The van der Waals surface area contributed by atoms with E-state index >= 15 is 0 Å². The summed E-state index contributed by atoms with van der Waals surface area (Å²) in [6, 6.07) is 5.70. The van der Waals surface area contributed by atoms with Crippen LogP contribution in [0.5, 0.6) is 0 Å². The predicted octanol–water partition coefficient (Wildman–Crippen LogP) is 4.38. The van der Waals surface area contributed by atoms with Gasteiger partial charge in [-0.15, -0.1) is 0 Å². The summed E-state index contributed by atoms with van der Waals surface area (Å²) in [6.07, 6.45) is 4.19. The fourth-order valence-electron chi connectivity index (χ4n) is 3.99. The van der Waals surface area contributed by atoms with Crippen LogP contribution in [0.25, 0.3) is 0 Å². The topological polar surface area (TPSA) is 131 Å². The number of hydrogen-bond donors (Lipinski definition) is 3. The van der Waals surface area contributed by atoms with Crippen molar-refractivity contribution in [1.29, 1.82) is 0 Å². The zero-order chi connectivity index (χ0) is 28.7. The van der Waals surface area contributed by atoms with Crippen LogP contribution >= 0.6 is 0 Å². The van der Waals surface area contributed by atoms with Gasteiger partial charge in [-0.1, -0.05) is 64.3 Å². The summed E-state index contributed by atoms with van der Waals surface area (Å²) in [5, 5.41) is 5.60. The van der Waals surface area contributed by atoms with Crippen LogP contribution in [0.4, 0.5) is 4.79 Å². The smallest absolute Gasteiger partial charge is 0.408 e. The minimum Gasteiger partial charge on any atom is -0.444 e. The van der Waals surface area contributed by atoms with Gasteiger partial charge in [0.25, 0.3) is 0 Å². The summed E-state index contributed by atoms with van der Waals surface area (Å²) in [5.41, 5.74) is 6.40. The van der Waals surface area contributed by atoms with Gasteiger partial charge < -0.3 is 26.0 Å². The Kier molecular flexibility index (Phi) is 14.5. The van der Waals surface area contributed by atoms with E-state index in [1.165, 1.54) is 4.90 Å². The molecule has 9 heteroatoms. The molecule has 0 saturated heterocycles. The number of carbonyl (C=O) groups excluding carboxylic acids is 4. The number of carbonyl (C=O) groups is 4. The van der Waals surface area contributed by atoms with E-state index in [9.17, 15) is 19.2 Å². The van der Waals surface area contributed by atoms with E-state index in [1.807, 2.05) is 31.2 Å². The van der Waals surface area contributed by atoms with E-state index in [-0.39, 0.29) is 18.7 Å². The Morgan fingerprint density at radius 2 is 1.61 bits per heavy atom. The fourth-order valence-corrected chi connectivity index (χ4v) is 3.99. The van der Waals surface area contributed by atoms with Crippen LogP contribution in [-0.4, -0.2) is 53.4 Å². The Morgan fingerprint density at radius 1 is 0.974 bits per heavy atom. The number of ether oxygens (including phenoxy) is 1. The van der Waals surface area contributed by atoms with Crippen molar-refractivity contribution in [2.75, 3.05) is 13.1 Å². The van der Waals surface area contributed by atoms with Gasteiger partial charge in [0.2, 0.25) is 17.7 Å². The molecular formula is C29H48N4O5. The molecule has 38 heavy (non-hydrogen) atoms. The number of hydrogen-bond acceptors (Lipinski definition) is 5. The molecule has 2 unspecified atom stereocenters. The molecule has 0 heterocycles. The molecule has 214 valence electrons. The van der Waals surface area contributed by atoms with E-state index in [0.29, 0.717) is 25.1 Å². The highest BCUT2D eigenvalue weighted by molar-refractivity contribution is 5.92. The van der Waals surface area contributed by atoms with E-state index in [0.717, 1.165) is 37.7 Å². The quantitative estimate of drug-likeness (QED) is 0.272. The van der Waals surface area contributed by atoms with E-state index in [4.69, 9.17) is 10.5 Å². The van der Waals surface area contributed by atoms with Crippen molar-refractivity contribution in [3.63, 3.8) is 0 Å². The number of benzene rings is 1. The average molecular weight is 533 g/mol. The number of nitrogens with two attached hydrogens (primary N) is 1. The zero-order valence-corrected chi connectivity index (χ0v) is 24.1. The van der Waals surface area contributed by atoms with Crippen molar-refractivity contribution in [3.8, 4) is 0 Å². The van der Waals surface area contributed by atoms with Gasteiger partial charge in [-0.25, -0.2) is 4.79 Å². The normalized spacial score (nSPS) is 12.8. The Morgan fingerprint density at radius 3 is 2.13 bits per heavy atom. The van der Waals surface area contributed by atoms with Gasteiger partial charge in [0.1, 0.15) is 17.7 Å². The molecule has 0 bridgehead atoms. The van der Waals surface area contributed by atoms with Crippen molar-refractivity contribution in [2.24, 2.45) is 5.73 Å². The number of amides is 4. The van der Waals surface area contributed by atoms with Crippen molar-refractivity contribution >= 4 is 23.8 Å². The van der Waals surface area contributed by atoms with Gasteiger partial charge in [0.05, 0.1) is 0 Å². The molecule has 1 rings (SSSR count). The lowest BCUT2D eigenvalue weighted by atomic mass is 9.99. The molecule has 4 amide bonds. The Balaban J connectivity index is 3.46. The van der Waals surface area contributed by atoms with Crippen molar-refractivity contribution in [3.05, 3.63) is 35.4 Å². The standard InChI is InChI=1S/C29H48N4O5/c1-7-10-12-20-33(27(36)23(17-18-24(30)34)32-28(37)38-29(4,5)6)25(26(35)31-19-11-8-2)22-15-13-21(9-3)14-16-22/h13-16,23,25H,7-12,17-20H2,1-6H3,(H2,30,34)(H,31,35)(H,32,37). The largest absolute Gasteiger partial charge is 0.444 e. The van der Waals surface area contributed by atoms with Gasteiger partial charge in [-0.2, -0.15) is 0 Å². The second-order valence-electron chi connectivity index (χ2n) is 10.6. The highest BCUT2D eigenvalue weighted by Crippen LogP contribution is 2.25. The number of nitrogens with zero attached hydrogens (tertiary/aromatic N) is 1. The molecule has 0 aliphatic heterocycles. The van der Waals surface area contributed by atoms with E-state index in [2.05, 4.69) is 24.5 Å². The number of primary amides is 1. The van der Waals surface area contributed by atoms with Gasteiger partial charge in [0.15, 0.2) is 0 Å². The molecule has 1 aromatic carbocycles. The summed E-state index contributed by atoms with van der Waals surface area (Å²) >= 11 is 0. The number of alkyl carbamates (subject to hydrolysis) is 1. The summed E-state index contributed by atoms with van der Waals surface area (Å²) in [5.74, 6) is -1.32. The van der Waals surface area contributed by atoms with Crippen molar-refractivity contribution in [2.45, 2.75) is 111 Å². The first-order valence-corrected chi connectivity index (χ1v) is 13.9. The minimum atomic E-state index is -1.08. The molecule has 4 N–H and O–H groups in total. The maximum absolute atomic E-state index is 14.0. The van der Waals surface area contributed by atoms with Crippen LogP contribution in [0.2, 0.25) is 0 Å². The highest BCUT2D eigenvalue weighted by Gasteiger charge is 2.36. The molecule has 0 spiro atoms. The molecule has 0 fully saturated rings. The lowest BCUT2D eigenvalue weighted by Crippen LogP contribution is -2.53. The molecule has 0 radical (unpaired) electrons. The number of unbranched alkanes of at least 4 members (excludes halogenated alkanes) is 3. The Bertz CT molecular complexity index is 895. The van der Waals surface area contributed by atoms with Crippen LogP contribution in [0.1, 0.15) is 104 Å². The van der Waals surface area contributed by atoms with Crippen LogP contribution in [0.3, 0.4) is 0 Å². The van der Waals surface area contributed by atoms with Crippen LogP contribution in [-0.2, 0) is 25.5 Å². The minimum absolute atomic E-state index is 0.00334. The monoisotopic (exact) mass is 532 g/mol. The van der Waals surface area contributed by atoms with Crippen molar-refractivity contribution in [1.82, 2.24) is 15.5 Å². The highest BCUT2D eigenvalue weighted by atomic mass is 16.6. The van der Waals surface area contributed by atoms with Gasteiger partial charge in [0, 0.05) is 19.5 Å². The first kappa shape index (κ1) is 32.9. The molecule has 0 aliphatic carbocycles. The van der Waals surface area contributed by atoms with Gasteiger partial charge in [-0.3, -0.25) is 14.4 Å². The van der Waals surface area contributed by atoms with Crippen LogP contribution < -0.4 is 16.4 Å². The molecule has 0 aliphatic rings. The second kappa shape index (κ2) is 16.7. The zero-order valence-electron chi connectivity index (χ0n) is 24.1. The Labute approximate surface area is 228 Å². The van der Waals surface area contributed by atoms with Gasteiger partial charge in [-0.05, 0) is 57.6 Å². The van der Waals surface area contributed by atoms with Crippen molar-refractivity contribution < 1.29 is 23.9 Å². The predicted molar refractivity (Wildman–Crippen MR) is 149 cm³/mol. The molecule has 9 nitrogen and oxygen atoms in total.